The minimum absolute atomic E-state index is 0.355. The molecule has 64 valence electrons. The van der Waals surface area contributed by atoms with Crippen molar-refractivity contribution in [1.29, 1.82) is 0 Å². The molecule has 1 fully saturated rings. The molecule has 1 aliphatic heterocycles. The van der Waals surface area contributed by atoms with E-state index in [2.05, 4.69) is 0 Å². The summed E-state index contributed by atoms with van der Waals surface area (Å²) in [6, 6.07) is 0. The third kappa shape index (κ3) is 2.33. The van der Waals surface area contributed by atoms with E-state index >= 15 is 0 Å². The second-order valence-corrected chi connectivity index (χ2v) is 5.56. The second kappa shape index (κ2) is 2.97. The molecule has 0 radical (unpaired) electrons. The molecular weight excluding hydrogens is 160 g/mol. The van der Waals surface area contributed by atoms with Gasteiger partial charge in [-0.3, -0.25) is 0 Å². The van der Waals surface area contributed by atoms with E-state index in [4.69, 9.17) is 0 Å². The molecule has 0 bridgehead atoms. The molecule has 2 nitrogen and oxygen atoms in total. The minimum Gasteiger partial charge on any atom is -0.229 e. The fraction of sp³-hybridized carbons (Fsp3) is 0.750. The molecule has 11 heavy (non-hydrogen) atoms. The third-order valence-electron chi connectivity index (χ3n) is 2.14. The highest BCUT2D eigenvalue weighted by molar-refractivity contribution is 7.91. The van der Waals surface area contributed by atoms with Gasteiger partial charge in [0.1, 0.15) is 0 Å². The Morgan fingerprint density at radius 1 is 1.18 bits per heavy atom. The Morgan fingerprint density at radius 3 is 2.00 bits per heavy atom. The summed E-state index contributed by atoms with van der Waals surface area (Å²) in [5, 5.41) is 0. The van der Waals surface area contributed by atoms with Gasteiger partial charge in [0, 0.05) is 0 Å². The van der Waals surface area contributed by atoms with Gasteiger partial charge < -0.3 is 0 Å². The molecule has 0 spiro atoms. The first-order valence-electron chi connectivity index (χ1n) is 3.87. The predicted octanol–water partition coefficient (Wildman–Crippen LogP) is 1.53. The van der Waals surface area contributed by atoms with E-state index in [0.29, 0.717) is 11.5 Å². The number of hydrogen-bond donors (Lipinski definition) is 0. The maximum Gasteiger partial charge on any atom is 0.150 e. The summed E-state index contributed by atoms with van der Waals surface area (Å²) >= 11 is 0. The zero-order valence-corrected chi connectivity index (χ0v) is 7.87. The summed E-state index contributed by atoms with van der Waals surface area (Å²) in [4.78, 5) is 0. The highest BCUT2D eigenvalue weighted by Crippen LogP contribution is 2.20. The summed E-state index contributed by atoms with van der Waals surface area (Å²) in [6.07, 6.45) is 1.51. The van der Waals surface area contributed by atoms with Crippen molar-refractivity contribution < 1.29 is 8.42 Å². The third-order valence-corrected chi connectivity index (χ3v) is 3.79. The predicted molar refractivity (Wildman–Crippen MR) is 46.3 cm³/mol. The van der Waals surface area contributed by atoms with Gasteiger partial charge in [-0.2, -0.15) is 0 Å². The largest absolute Gasteiger partial charge is 0.229 e. The lowest BCUT2D eigenvalue weighted by Crippen LogP contribution is -2.18. The average molecular weight is 174 g/mol. The Hall–Kier alpha value is -0.310. The molecule has 0 atom stereocenters. The van der Waals surface area contributed by atoms with Gasteiger partial charge in [0.15, 0.2) is 9.84 Å². The van der Waals surface area contributed by atoms with Crippen molar-refractivity contribution in [2.24, 2.45) is 0 Å². The molecule has 0 N–H and O–H groups in total. The van der Waals surface area contributed by atoms with Gasteiger partial charge in [-0.1, -0.05) is 11.1 Å². The normalized spacial score (nSPS) is 23.3. The highest BCUT2D eigenvalue weighted by Gasteiger charge is 2.18. The van der Waals surface area contributed by atoms with Crippen LogP contribution in [0.15, 0.2) is 11.1 Å². The van der Waals surface area contributed by atoms with Crippen LogP contribution in [0.25, 0.3) is 0 Å². The topological polar surface area (TPSA) is 34.1 Å². The molecule has 0 aromatic heterocycles. The molecule has 3 heteroatoms. The molecule has 1 saturated heterocycles. The second-order valence-electron chi connectivity index (χ2n) is 3.26. The van der Waals surface area contributed by atoms with Crippen LogP contribution in [-0.2, 0) is 9.84 Å². The zero-order chi connectivity index (χ0) is 8.48. The van der Waals surface area contributed by atoms with E-state index in [-0.39, 0.29) is 0 Å². The first-order chi connectivity index (χ1) is 5.01. The summed E-state index contributed by atoms with van der Waals surface area (Å²) in [5.41, 5.74) is 2.62. The van der Waals surface area contributed by atoms with E-state index < -0.39 is 9.84 Å². The first-order valence-corrected chi connectivity index (χ1v) is 5.69. The number of hydrogen-bond acceptors (Lipinski definition) is 2. The van der Waals surface area contributed by atoms with Crippen molar-refractivity contribution in [3.63, 3.8) is 0 Å². The fourth-order valence-electron chi connectivity index (χ4n) is 1.28. The molecule has 1 aliphatic rings. The lowest BCUT2D eigenvalue weighted by molar-refractivity contribution is 0.588. The van der Waals surface area contributed by atoms with Crippen molar-refractivity contribution in [2.75, 3.05) is 11.5 Å². The molecule has 0 aromatic rings. The molecule has 0 saturated carbocycles. The van der Waals surface area contributed by atoms with Gasteiger partial charge >= 0.3 is 0 Å². The van der Waals surface area contributed by atoms with Gasteiger partial charge in [0.2, 0.25) is 0 Å². The summed E-state index contributed by atoms with van der Waals surface area (Å²) < 4.78 is 22.0. The standard InChI is InChI=1S/C8H14O2S/c1-7(2)8-3-5-11(9,10)6-4-8/h3-6H2,1-2H3. The number of sulfone groups is 1. The molecule has 0 aromatic carbocycles. The number of allylic oxidation sites excluding steroid dienone is 2. The quantitative estimate of drug-likeness (QED) is 0.522. The minimum atomic E-state index is -2.68. The molecule has 0 aliphatic carbocycles. The maximum absolute atomic E-state index is 11.0. The van der Waals surface area contributed by atoms with E-state index in [0.717, 1.165) is 12.8 Å². The van der Waals surface area contributed by atoms with Crippen LogP contribution in [-0.4, -0.2) is 19.9 Å². The number of rotatable bonds is 0. The van der Waals surface area contributed by atoms with Crippen molar-refractivity contribution >= 4 is 9.84 Å². The lowest BCUT2D eigenvalue weighted by atomic mass is 10.1. The monoisotopic (exact) mass is 174 g/mol. The highest BCUT2D eigenvalue weighted by atomic mass is 32.2. The fourth-order valence-corrected chi connectivity index (χ4v) is 2.60. The van der Waals surface area contributed by atoms with Gasteiger partial charge in [-0.05, 0) is 26.7 Å². The van der Waals surface area contributed by atoms with Crippen molar-refractivity contribution in [1.82, 2.24) is 0 Å². The van der Waals surface area contributed by atoms with Gasteiger partial charge in [-0.15, -0.1) is 0 Å². The van der Waals surface area contributed by atoms with Crippen LogP contribution >= 0.6 is 0 Å². The van der Waals surface area contributed by atoms with E-state index in [9.17, 15) is 8.42 Å². The van der Waals surface area contributed by atoms with E-state index in [1.165, 1.54) is 11.1 Å². The van der Waals surface area contributed by atoms with Crippen LogP contribution in [0.5, 0.6) is 0 Å². The van der Waals surface area contributed by atoms with Crippen LogP contribution in [0, 0.1) is 0 Å². The average Bonchev–Trinajstić information content (AvgIpc) is 1.86. The maximum atomic E-state index is 11.0. The Kier molecular flexibility index (Phi) is 2.37. The molecule has 0 amide bonds. The Bertz CT molecular complexity index is 252. The first kappa shape index (κ1) is 8.78. The SMILES string of the molecule is CC(C)=C1CCS(=O)(=O)CC1. The van der Waals surface area contributed by atoms with Crippen LogP contribution in [0.1, 0.15) is 26.7 Å². The molecule has 0 unspecified atom stereocenters. The van der Waals surface area contributed by atoms with Crippen LogP contribution < -0.4 is 0 Å². The van der Waals surface area contributed by atoms with Crippen LogP contribution in [0.2, 0.25) is 0 Å². The summed E-state index contributed by atoms with van der Waals surface area (Å²) in [5.74, 6) is 0.709. The van der Waals surface area contributed by atoms with Gasteiger partial charge in [0.05, 0.1) is 11.5 Å². The smallest absolute Gasteiger partial charge is 0.150 e. The van der Waals surface area contributed by atoms with E-state index in [1.807, 2.05) is 13.8 Å². The molecule has 1 heterocycles. The summed E-state index contributed by atoms with van der Waals surface area (Å²) in [7, 11) is -2.68. The zero-order valence-electron chi connectivity index (χ0n) is 7.05. The van der Waals surface area contributed by atoms with E-state index in [1.54, 1.807) is 0 Å². The van der Waals surface area contributed by atoms with Crippen LogP contribution in [0.3, 0.4) is 0 Å². The van der Waals surface area contributed by atoms with Crippen LogP contribution in [0.4, 0.5) is 0 Å². The molecule has 1 rings (SSSR count). The van der Waals surface area contributed by atoms with Crippen molar-refractivity contribution in [2.45, 2.75) is 26.7 Å². The van der Waals surface area contributed by atoms with Crippen molar-refractivity contribution in [3.05, 3.63) is 11.1 Å². The summed E-state index contributed by atoms with van der Waals surface area (Å²) in [6.45, 7) is 4.10. The Balaban J connectivity index is 2.71. The van der Waals surface area contributed by atoms with Gasteiger partial charge in [0.25, 0.3) is 0 Å². The lowest BCUT2D eigenvalue weighted by Gasteiger charge is -2.15. The van der Waals surface area contributed by atoms with Gasteiger partial charge in [-0.25, -0.2) is 8.42 Å². The van der Waals surface area contributed by atoms with Crippen molar-refractivity contribution in [3.8, 4) is 0 Å². The Labute approximate surface area is 68.2 Å². The molecular formula is C8H14O2S. The Morgan fingerprint density at radius 2 is 1.64 bits per heavy atom.